The zero-order valence-electron chi connectivity index (χ0n) is 11.3. The van der Waals surface area contributed by atoms with E-state index in [9.17, 15) is 4.79 Å². The molecule has 1 amide bonds. The summed E-state index contributed by atoms with van der Waals surface area (Å²) in [4.78, 5) is 17.9. The zero-order valence-corrected chi connectivity index (χ0v) is 11.3. The second kappa shape index (κ2) is 6.96. The Morgan fingerprint density at radius 3 is 2.94 bits per heavy atom. The summed E-state index contributed by atoms with van der Waals surface area (Å²) < 4.78 is 0. The molecule has 0 aliphatic rings. The highest BCUT2D eigenvalue weighted by Crippen LogP contribution is 2.07. The van der Waals surface area contributed by atoms with E-state index in [1.807, 2.05) is 0 Å². The van der Waals surface area contributed by atoms with Crippen LogP contribution in [0.15, 0.2) is 18.5 Å². The van der Waals surface area contributed by atoms with Crippen LogP contribution in [0, 0.1) is 0 Å². The first-order valence-electron chi connectivity index (χ1n) is 6.24. The van der Waals surface area contributed by atoms with Crippen molar-refractivity contribution in [1.82, 2.24) is 15.2 Å². The largest absolute Gasteiger partial charge is 0.397 e. The molecule has 0 spiro atoms. The van der Waals surface area contributed by atoms with Gasteiger partial charge in [0, 0.05) is 25.3 Å². The monoisotopic (exact) mass is 250 g/mol. The van der Waals surface area contributed by atoms with Gasteiger partial charge in [-0.25, -0.2) is 0 Å². The van der Waals surface area contributed by atoms with E-state index >= 15 is 0 Å². The third-order valence-corrected chi connectivity index (χ3v) is 3.19. The number of amides is 1. The summed E-state index contributed by atoms with van der Waals surface area (Å²) in [7, 11) is 2.06. The van der Waals surface area contributed by atoms with Crippen LogP contribution in [0.1, 0.15) is 30.6 Å². The van der Waals surface area contributed by atoms with Crippen LogP contribution in [-0.4, -0.2) is 42.0 Å². The summed E-state index contributed by atoms with van der Waals surface area (Å²) in [5.41, 5.74) is 6.58. The van der Waals surface area contributed by atoms with Gasteiger partial charge >= 0.3 is 0 Å². The highest BCUT2D eigenvalue weighted by molar-refractivity contribution is 5.98. The number of nitrogens with zero attached hydrogens (tertiary/aromatic N) is 2. The molecule has 3 N–H and O–H groups in total. The molecule has 5 nitrogen and oxygen atoms in total. The maximum atomic E-state index is 11.8. The van der Waals surface area contributed by atoms with Crippen molar-refractivity contribution in [3.05, 3.63) is 24.0 Å². The average molecular weight is 250 g/mol. The van der Waals surface area contributed by atoms with Gasteiger partial charge < -0.3 is 16.0 Å². The Balaban J connectivity index is 2.41. The van der Waals surface area contributed by atoms with Gasteiger partial charge in [-0.1, -0.05) is 6.92 Å². The number of aromatic nitrogens is 1. The first-order valence-corrected chi connectivity index (χ1v) is 6.24. The molecule has 18 heavy (non-hydrogen) atoms. The van der Waals surface area contributed by atoms with Crippen molar-refractivity contribution < 1.29 is 4.79 Å². The number of anilines is 1. The summed E-state index contributed by atoms with van der Waals surface area (Å²) in [6.45, 7) is 5.76. The van der Waals surface area contributed by atoms with Crippen molar-refractivity contribution in [3.63, 3.8) is 0 Å². The Kier molecular flexibility index (Phi) is 5.58. The van der Waals surface area contributed by atoms with Crippen molar-refractivity contribution in [2.45, 2.75) is 26.3 Å². The number of carbonyl (C=O) groups is 1. The summed E-state index contributed by atoms with van der Waals surface area (Å²) in [6.07, 6.45) is 4.15. The summed E-state index contributed by atoms with van der Waals surface area (Å²) in [5, 5.41) is 2.86. The molecular weight excluding hydrogens is 228 g/mol. The number of rotatable bonds is 6. The van der Waals surface area contributed by atoms with Gasteiger partial charge in [-0.2, -0.15) is 0 Å². The van der Waals surface area contributed by atoms with Crippen molar-refractivity contribution in [3.8, 4) is 0 Å². The number of likely N-dealkylation sites (N-methyl/N-ethyl adjacent to an activating group) is 1. The van der Waals surface area contributed by atoms with Gasteiger partial charge in [-0.3, -0.25) is 9.78 Å². The fourth-order valence-electron chi connectivity index (χ4n) is 1.59. The number of carbonyl (C=O) groups excluding carboxylic acids is 1. The molecular formula is C13H22N4O. The van der Waals surface area contributed by atoms with Gasteiger partial charge in [0.25, 0.3) is 5.91 Å². The number of nitrogen functional groups attached to an aromatic ring is 1. The molecule has 5 heteroatoms. The molecule has 0 aliphatic carbocycles. The molecule has 1 heterocycles. The second-order valence-electron chi connectivity index (χ2n) is 4.46. The Labute approximate surface area is 108 Å². The second-order valence-corrected chi connectivity index (χ2v) is 4.46. The molecule has 0 aliphatic heterocycles. The maximum Gasteiger partial charge on any atom is 0.253 e. The molecule has 0 bridgehead atoms. The minimum Gasteiger partial charge on any atom is -0.397 e. The number of pyridine rings is 1. The van der Waals surface area contributed by atoms with Crippen molar-refractivity contribution >= 4 is 11.6 Å². The van der Waals surface area contributed by atoms with Crippen LogP contribution in [0.3, 0.4) is 0 Å². The van der Waals surface area contributed by atoms with E-state index < -0.39 is 0 Å². The van der Waals surface area contributed by atoms with Gasteiger partial charge in [-0.15, -0.1) is 0 Å². The molecule has 1 aromatic rings. The first-order chi connectivity index (χ1) is 8.56. The molecule has 0 aromatic carbocycles. The van der Waals surface area contributed by atoms with Crippen molar-refractivity contribution in [1.29, 1.82) is 0 Å². The summed E-state index contributed by atoms with van der Waals surface area (Å²) >= 11 is 0. The van der Waals surface area contributed by atoms with E-state index in [-0.39, 0.29) is 5.91 Å². The number of nitrogens with two attached hydrogens (primary N) is 1. The predicted octanol–water partition coefficient (Wildman–Crippen LogP) is 1.12. The third-order valence-electron chi connectivity index (χ3n) is 3.19. The molecule has 0 saturated carbocycles. The normalized spacial score (nSPS) is 12.4. The number of hydrogen-bond donors (Lipinski definition) is 2. The molecule has 0 fully saturated rings. The van der Waals surface area contributed by atoms with Crippen LogP contribution in [0.25, 0.3) is 0 Å². The van der Waals surface area contributed by atoms with E-state index in [1.54, 1.807) is 12.3 Å². The van der Waals surface area contributed by atoms with Gasteiger partial charge in [0.05, 0.1) is 17.4 Å². The van der Waals surface area contributed by atoms with Gasteiger partial charge in [-0.05, 0) is 26.5 Å². The lowest BCUT2D eigenvalue weighted by atomic mass is 10.2. The molecule has 1 rings (SSSR count). The zero-order chi connectivity index (χ0) is 13.5. The fraction of sp³-hybridized carbons (Fsp3) is 0.538. The fourth-order valence-corrected chi connectivity index (χ4v) is 1.59. The van der Waals surface area contributed by atoms with E-state index in [0.717, 1.165) is 13.0 Å². The Morgan fingerprint density at radius 1 is 1.61 bits per heavy atom. The molecule has 1 aromatic heterocycles. The molecule has 1 unspecified atom stereocenters. The summed E-state index contributed by atoms with van der Waals surface area (Å²) in [5.74, 6) is -0.146. The lowest BCUT2D eigenvalue weighted by Gasteiger charge is -2.23. The standard InChI is InChI=1S/C13H22N4O/c1-4-10(2)17(3)8-7-16-13(18)11-5-6-15-9-12(11)14/h5-6,9-10H,4,7-8,14H2,1-3H3,(H,16,18). The lowest BCUT2D eigenvalue weighted by molar-refractivity contribution is 0.0948. The highest BCUT2D eigenvalue weighted by atomic mass is 16.1. The van der Waals surface area contributed by atoms with Crippen LogP contribution in [-0.2, 0) is 0 Å². The Hall–Kier alpha value is -1.62. The average Bonchev–Trinajstić information content (AvgIpc) is 2.37. The molecule has 0 radical (unpaired) electrons. The van der Waals surface area contributed by atoms with Crippen LogP contribution in [0.5, 0.6) is 0 Å². The van der Waals surface area contributed by atoms with E-state index in [2.05, 4.69) is 36.1 Å². The Bertz CT molecular complexity index is 394. The Morgan fingerprint density at radius 2 is 2.33 bits per heavy atom. The molecule has 0 saturated heterocycles. The van der Waals surface area contributed by atoms with E-state index in [1.165, 1.54) is 6.20 Å². The maximum absolute atomic E-state index is 11.8. The smallest absolute Gasteiger partial charge is 0.253 e. The number of nitrogens with one attached hydrogen (secondary N) is 1. The van der Waals surface area contributed by atoms with Crippen LogP contribution >= 0.6 is 0 Å². The third kappa shape index (κ3) is 4.00. The van der Waals surface area contributed by atoms with Crippen LogP contribution < -0.4 is 11.1 Å². The number of hydrogen-bond acceptors (Lipinski definition) is 4. The van der Waals surface area contributed by atoms with Gasteiger partial charge in [0.1, 0.15) is 0 Å². The molecule has 1 atom stereocenters. The first kappa shape index (κ1) is 14.4. The van der Waals surface area contributed by atoms with Crippen LogP contribution in [0.2, 0.25) is 0 Å². The van der Waals surface area contributed by atoms with Gasteiger partial charge in [0.15, 0.2) is 0 Å². The minimum absolute atomic E-state index is 0.146. The summed E-state index contributed by atoms with van der Waals surface area (Å²) in [6, 6.07) is 2.15. The van der Waals surface area contributed by atoms with Crippen molar-refractivity contribution in [2.75, 3.05) is 25.9 Å². The quantitative estimate of drug-likeness (QED) is 0.794. The SMILES string of the molecule is CCC(C)N(C)CCNC(=O)c1ccncc1N. The van der Waals surface area contributed by atoms with Gasteiger partial charge in [0.2, 0.25) is 0 Å². The van der Waals surface area contributed by atoms with E-state index in [4.69, 9.17) is 5.73 Å². The van der Waals surface area contributed by atoms with E-state index in [0.29, 0.717) is 23.8 Å². The predicted molar refractivity (Wildman–Crippen MR) is 73.4 cm³/mol. The minimum atomic E-state index is -0.146. The highest BCUT2D eigenvalue weighted by Gasteiger charge is 2.10. The van der Waals surface area contributed by atoms with Crippen molar-refractivity contribution in [2.24, 2.45) is 0 Å². The topological polar surface area (TPSA) is 71.2 Å². The van der Waals surface area contributed by atoms with Crippen LogP contribution in [0.4, 0.5) is 5.69 Å². The molecule has 100 valence electrons. The lowest BCUT2D eigenvalue weighted by Crippen LogP contribution is -2.37.